The Kier molecular flexibility index (Phi) is 4.26. The maximum absolute atomic E-state index is 9.24. The molecule has 0 heterocycles. The molecule has 0 saturated carbocycles. The Morgan fingerprint density at radius 2 is 1.53 bits per heavy atom. The minimum atomic E-state index is -1.41. The largest absolute Gasteiger partial charge is 0.489 e. The molecular formula is C13H13BO2S. The Hall–Kier alpha value is -1.23. The molecule has 17 heavy (non-hydrogen) atoms. The van der Waals surface area contributed by atoms with Gasteiger partial charge in [0.05, 0.1) is 0 Å². The van der Waals surface area contributed by atoms with Gasteiger partial charge >= 0.3 is 7.12 Å². The molecule has 0 unspecified atom stereocenters. The Morgan fingerprint density at radius 3 is 2.24 bits per heavy atom. The number of hydrogen-bond acceptors (Lipinski definition) is 3. The molecule has 0 bridgehead atoms. The predicted molar refractivity (Wildman–Crippen MR) is 72.3 cm³/mol. The number of rotatable bonds is 4. The molecular weight excluding hydrogens is 231 g/mol. The van der Waals surface area contributed by atoms with Crippen molar-refractivity contribution >= 4 is 24.3 Å². The summed E-state index contributed by atoms with van der Waals surface area (Å²) in [4.78, 5) is 0.909. The first-order valence-electron chi connectivity index (χ1n) is 5.39. The van der Waals surface area contributed by atoms with Crippen LogP contribution in [0.5, 0.6) is 0 Å². The number of hydrogen-bond donors (Lipinski definition) is 2. The van der Waals surface area contributed by atoms with Crippen molar-refractivity contribution in [2.45, 2.75) is 10.6 Å². The van der Waals surface area contributed by atoms with Crippen molar-refractivity contribution in [3.63, 3.8) is 0 Å². The normalized spacial score (nSPS) is 10.2. The number of benzene rings is 2. The molecule has 0 radical (unpaired) electrons. The van der Waals surface area contributed by atoms with E-state index in [1.807, 2.05) is 30.3 Å². The molecule has 0 spiro atoms. The van der Waals surface area contributed by atoms with Crippen LogP contribution in [0, 0.1) is 0 Å². The van der Waals surface area contributed by atoms with Crippen molar-refractivity contribution in [3.8, 4) is 0 Å². The minimum Gasteiger partial charge on any atom is -0.423 e. The maximum Gasteiger partial charge on any atom is 0.489 e. The van der Waals surface area contributed by atoms with Crippen molar-refractivity contribution < 1.29 is 10.0 Å². The summed E-state index contributed by atoms with van der Waals surface area (Å²) in [6.45, 7) is 0. The van der Waals surface area contributed by atoms with Gasteiger partial charge in [0.15, 0.2) is 0 Å². The lowest BCUT2D eigenvalue weighted by Crippen LogP contribution is -2.31. The van der Waals surface area contributed by atoms with Crippen molar-refractivity contribution in [3.05, 3.63) is 60.2 Å². The molecule has 2 aromatic carbocycles. The highest BCUT2D eigenvalue weighted by molar-refractivity contribution is 7.98. The smallest absolute Gasteiger partial charge is 0.423 e. The molecule has 2 aromatic rings. The maximum atomic E-state index is 9.24. The molecule has 86 valence electrons. The predicted octanol–water partition coefficient (Wildman–Crippen LogP) is 1.66. The van der Waals surface area contributed by atoms with Crippen LogP contribution in [0.4, 0.5) is 0 Å². The number of thioether (sulfide) groups is 1. The summed E-state index contributed by atoms with van der Waals surface area (Å²) in [6.07, 6.45) is 0. The van der Waals surface area contributed by atoms with Crippen LogP contribution in [0.2, 0.25) is 0 Å². The van der Waals surface area contributed by atoms with Crippen LogP contribution in [0.25, 0.3) is 0 Å². The highest BCUT2D eigenvalue weighted by Gasteiger charge is 2.15. The molecule has 0 saturated heterocycles. The third kappa shape index (κ3) is 3.36. The zero-order valence-electron chi connectivity index (χ0n) is 9.28. The van der Waals surface area contributed by atoms with Crippen molar-refractivity contribution in [1.82, 2.24) is 0 Å². The van der Waals surface area contributed by atoms with Crippen molar-refractivity contribution in [2.75, 3.05) is 0 Å². The summed E-state index contributed by atoms with van der Waals surface area (Å²) >= 11 is 1.61. The van der Waals surface area contributed by atoms with Crippen LogP contribution >= 0.6 is 11.8 Å². The van der Waals surface area contributed by atoms with E-state index in [4.69, 9.17) is 0 Å². The van der Waals surface area contributed by atoms with Crippen LogP contribution in [0.15, 0.2) is 59.5 Å². The highest BCUT2D eigenvalue weighted by atomic mass is 32.2. The van der Waals surface area contributed by atoms with Crippen molar-refractivity contribution in [2.24, 2.45) is 0 Å². The molecule has 0 fully saturated rings. The van der Waals surface area contributed by atoms with Gasteiger partial charge in [0, 0.05) is 10.6 Å². The third-order valence-electron chi connectivity index (χ3n) is 2.43. The molecule has 0 aliphatic rings. The highest BCUT2D eigenvalue weighted by Crippen LogP contribution is 2.20. The van der Waals surface area contributed by atoms with Gasteiger partial charge in [-0.3, -0.25) is 0 Å². The molecule has 2 N–H and O–H groups in total. The van der Waals surface area contributed by atoms with Gasteiger partial charge in [0.2, 0.25) is 0 Å². The van der Waals surface area contributed by atoms with Crippen LogP contribution in [0.3, 0.4) is 0 Å². The van der Waals surface area contributed by atoms with Gasteiger partial charge in [0.1, 0.15) is 0 Å². The lowest BCUT2D eigenvalue weighted by atomic mass is 9.80. The molecule has 0 atom stereocenters. The Balaban J connectivity index is 2.09. The second-order valence-electron chi connectivity index (χ2n) is 3.69. The summed E-state index contributed by atoms with van der Waals surface area (Å²) in [6, 6.07) is 17.5. The zero-order valence-corrected chi connectivity index (χ0v) is 10.1. The second kappa shape index (κ2) is 5.91. The summed E-state index contributed by atoms with van der Waals surface area (Å²) in [7, 11) is -1.41. The average Bonchev–Trinajstić information content (AvgIpc) is 2.38. The molecule has 2 nitrogen and oxygen atoms in total. The fourth-order valence-corrected chi connectivity index (χ4v) is 2.59. The second-order valence-corrected chi connectivity index (χ2v) is 4.70. The molecule has 0 aliphatic heterocycles. The summed E-state index contributed by atoms with van der Waals surface area (Å²) in [5.74, 6) is 0.824. The van der Waals surface area contributed by atoms with E-state index in [-0.39, 0.29) is 0 Å². The quantitative estimate of drug-likeness (QED) is 0.634. The van der Waals surface area contributed by atoms with E-state index >= 15 is 0 Å². The van der Waals surface area contributed by atoms with Gasteiger partial charge < -0.3 is 10.0 Å². The van der Waals surface area contributed by atoms with Gasteiger partial charge in [-0.25, -0.2) is 0 Å². The van der Waals surface area contributed by atoms with Gasteiger partial charge in [0.25, 0.3) is 0 Å². The summed E-state index contributed by atoms with van der Waals surface area (Å²) in [5, 5.41) is 18.5. The molecule has 0 aromatic heterocycles. The summed E-state index contributed by atoms with van der Waals surface area (Å²) in [5.41, 5.74) is 1.79. The third-order valence-corrected chi connectivity index (χ3v) is 3.59. The van der Waals surface area contributed by atoms with E-state index in [0.717, 1.165) is 10.6 Å². The van der Waals surface area contributed by atoms with E-state index in [2.05, 4.69) is 12.1 Å². The Bertz CT molecular complexity index is 474. The molecule has 4 heteroatoms. The monoisotopic (exact) mass is 244 g/mol. The molecule has 0 aliphatic carbocycles. The standard InChI is InChI=1S/C13H13BO2S/c15-14(16)12-8-4-5-9-13(12)17-10-11-6-2-1-3-7-11/h1-9,15-16H,10H2. The van der Waals surface area contributed by atoms with Crippen molar-refractivity contribution in [1.29, 1.82) is 0 Å². The summed E-state index contributed by atoms with van der Waals surface area (Å²) < 4.78 is 0. The zero-order chi connectivity index (χ0) is 12.1. The molecule has 0 amide bonds. The average molecular weight is 244 g/mol. The van der Waals surface area contributed by atoms with Crippen LogP contribution in [0.1, 0.15) is 5.56 Å². The molecule has 2 rings (SSSR count). The lowest BCUT2D eigenvalue weighted by molar-refractivity contribution is 0.425. The van der Waals surface area contributed by atoms with E-state index in [9.17, 15) is 10.0 Å². The minimum absolute atomic E-state index is 0.563. The van der Waals surface area contributed by atoms with Crippen LogP contribution in [-0.4, -0.2) is 17.2 Å². The van der Waals surface area contributed by atoms with Gasteiger partial charge in [-0.05, 0) is 17.1 Å². The SMILES string of the molecule is OB(O)c1ccccc1SCc1ccccc1. The Labute approximate surface area is 105 Å². The van der Waals surface area contributed by atoms with Crippen LogP contribution < -0.4 is 5.46 Å². The van der Waals surface area contributed by atoms with E-state index in [0.29, 0.717) is 5.46 Å². The lowest BCUT2D eigenvalue weighted by Gasteiger charge is -2.08. The van der Waals surface area contributed by atoms with Crippen LogP contribution in [-0.2, 0) is 5.75 Å². The first-order valence-corrected chi connectivity index (χ1v) is 6.38. The van der Waals surface area contributed by atoms with E-state index in [1.54, 1.807) is 23.9 Å². The first-order chi connectivity index (χ1) is 8.27. The van der Waals surface area contributed by atoms with E-state index in [1.165, 1.54) is 5.56 Å². The fraction of sp³-hybridized carbons (Fsp3) is 0.0769. The first kappa shape index (κ1) is 12.2. The Morgan fingerprint density at radius 1 is 0.882 bits per heavy atom. The van der Waals surface area contributed by atoms with Gasteiger partial charge in [-0.15, -0.1) is 11.8 Å². The topological polar surface area (TPSA) is 40.5 Å². The van der Waals surface area contributed by atoms with Gasteiger partial charge in [-0.1, -0.05) is 48.5 Å². The van der Waals surface area contributed by atoms with E-state index < -0.39 is 7.12 Å². The van der Waals surface area contributed by atoms with Gasteiger partial charge in [-0.2, -0.15) is 0 Å². The fourth-order valence-electron chi connectivity index (χ4n) is 1.56.